The Kier molecular flexibility index (Phi) is 6.36. The van der Waals surface area contributed by atoms with Crippen molar-refractivity contribution >= 4 is 12.1 Å². The van der Waals surface area contributed by atoms with Gasteiger partial charge in [-0.2, -0.15) is 10.1 Å². The van der Waals surface area contributed by atoms with Gasteiger partial charge in [-0.1, -0.05) is 36.4 Å². The molecule has 0 saturated carbocycles. The topological polar surface area (TPSA) is 106 Å². The zero-order valence-corrected chi connectivity index (χ0v) is 16.0. The first-order valence-corrected chi connectivity index (χ1v) is 8.92. The minimum Gasteiger partial charge on any atom is -0.492 e. The number of carbonyl (C=O) groups excluding carboxylic acids is 1. The fourth-order valence-electron chi connectivity index (χ4n) is 2.68. The predicted molar refractivity (Wildman–Crippen MR) is 110 cm³/mol. The smallest absolute Gasteiger partial charge is 0.346 e. The van der Waals surface area contributed by atoms with E-state index in [0.29, 0.717) is 29.4 Å². The van der Waals surface area contributed by atoms with E-state index >= 15 is 0 Å². The summed E-state index contributed by atoms with van der Waals surface area (Å²) in [6.07, 6.45) is 1.44. The number of aromatic amines is 1. The van der Waals surface area contributed by atoms with Gasteiger partial charge in [0.1, 0.15) is 5.69 Å². The maximum atomic E-state index is 12.4. The second-order valence-corrected chi connectivity index (χ2v) is 5.86. The number of H-pyrrole nitrogens is 1. The highest BCUT2D eigenvalue weighted by molar-refractivity contribution is 5.94. The third-order valence-corrected chi connectivity index (χ3v) is 3.94. The monoisotopic (exact) mass is 392 g/mol. The summed E-state index contributed by atoms with van der Waals surface area (Å²) in [7, 11) is 1.53. The van der Waals surface area contributed by atoms with E-state index in [-0.39, 0.29) is 5.69 Å². The zero-order chi connectivity index (χ0) is 20.6. The highest BCUT2D eigenvalue weighted by Crippen LogP contribution is 2.29. The number of hydrogen-bond acceptors (Lipinski definition) is 6. The van der Waals surface area contributed by atoms with Crippen molar-refractivity contribution in [1.82, 2.24) is 15.4 Å². The summed E-state index contributed by atoms with van der Waals surface area (Å²) in [6, 6.07) is 16.0. The molecule has 3 aromatic rings. The highest BCUT2D eigenvalue weighted by atomic mass is 16.5. The van der Waals surface area contributed by atoms with Crippen molar-refractivity contribution in [2.75, 3.05) is 13.7 Å². The Hall–Kier alpha value is -3.94. The van der Waals surface area contributed by atoms with Crippen molar-refractivity contribution < 1.29 is 14.3 Å². The van der Waals surface area contributed by atoms with Crippen LogP contribution in [0.4, 0.5) is 0 Å². The summed E-state index contributed by atoms with van der Waals surface area (Å²) in [5.41, 5.74) is 3.58. The number of hydrogen-bond donors (Lipinski definition) is 2. The number of carbonyl (C=O) groups is 1. The van der Waals surface area contributed by atoms with E-state index < -0.39 is 11.6 Å². The Balaban J connectivity index is 1.79. The second kappa shape index (κ2) is 9.32. The molecule has 148 valence electrons. The van der Waals surface area contributed by atoms with Crippen LogP contribution in [0.3, 0.4) is 0 Å². The number of hydrazone groups is 1. The molecule has 0 radical (unpaired) electrons. The van der Waals surface area contributed by atoms with Crippen molar-refractivity contribution in [3.63, 3.8) is 0 Å². The molecule has 8 heteroatoms. The van der Waals surface area contributed by atoms with Crippen molar-refractivity contribution in [3.05, 3.63) is 76.3 Å². The standard InChI is InChI=1S/C21H20N4O4/c1-3-29-18-11-7-10-15(19(18)28-2)13-22-25-20(26)17-12-16(23-21(27)24-17)14-8-5-4-6-9-14/h4-13H,3H2,1-2H3,(H,25,26)(H,23,24,27)/b22-13+. The van der Waals surface area contributed by atoms with Crippen LogP contribution in [0.25, 0.3) is 11.3 Å². The van der Waals surface area contributed by atoms with E-state index in [0.717, 1.165) is 5.56 Å². The Labute approximate surface area is 167 Å². The first kappa shape index (κ1) is 19.8. The molecule has 2 N–H and O–H groups in total. The molecule has 0 atom stereocenters. The van der Waals surface area contributed by atoms with E-state index in [1.807, 2.05) is 25.1 Å². The number of aromatic nitrogens is 2. The van der Waals surface area contributed by atoms with Crippen molar-refractivity contribution in [2.24, 2.45) is 5.10 Å². The Morgan fingerprint density at radius 1 is 1.21 bits per heavy atom. The fourth-order valence-corrected chi connectivity index (χ4v) is 2.68. The van der Waals surface area contributed by atoms with Gasteiger partial charge >= 0.3 is 5.69 Å². The van der Waals surface area contributed by atoms with Gasteiger partial charge in [0.2, 0.25) is 0 Å². The van der Waals surface area contributed by atoms with E-state index in [9.17, 15) is 9.59 Å². The first-order valence-electron chi connectivity index (χ1n) is 8.92. The average molecular weight is 392 g/mol. The quantitative estimate of drug-likeness (QED) is 0.475. The van der Waals surface area contributed by atoms with Gasteiger partial charge in [-0.25, -0.2) is 10.2 Å². The van der Waals surface area contributed by atoms with Crippen LogP contribution < -0.4 is 20.6 Å². The maximum Gasteiger partial charge on any atom is 0.346 e. The summed E-state index contributed by atoms with van der Waals surface area (Å²) < 4.78 is 10.9. The van der Waals surface area contributed by atoms with Crippen LogP contribution in [-0.4, -0.2) is 35.8 Å². The third-order valence-electron chi connectivity index (χ3n) is 3.94. The molecule has 8 nitrogen and oxygen atoms in total. The first-order chi connectivity index (χ1) is 14.1. The van der Waals surface area contributed by atoms with Gasteiger partial charge in [0, 0.05) is 11.1 Å². The molecule has 1 amide bonds. The molecule has 1 aromatic heterocycles. The van der Waals surface area contributed by atoms with Crippen molar-refractivity contribution in [2.45, 2.75) is 6.92 Å². The lowest BCUT2D eigenvalue weighted by atomic mass is 10.1. The molecule has 0 aliphatic heterocycles. The van der Waals surface area contributed by atoms with E-state index in [4.69, 9.17) is 9.47 Å². The van der Waals surface area contributed by atoms with Crippen LogP contribution in [0.1, 0.15) is 23.0 Å². The minimum atomic E-state index is -0.619. The molecular weight excluding hydrogens is 372 g/mol. The maximum absolute atomic E-state index is 12.4. The van der Waals surface area contributed by atoms with Crippen LogP contribution in [0.2, 0.25) is 0 Å². The summed E-state index contributed by atoms with van der Waals surface area (Å²) in [5, 5.41) is 3.96. The highest BCUT2D eigenvalue weighted by Gasteiger charge is 2.11. The molecule has 0 fully saturated rings. The van der Waals surface area contributed by atoms with Gasteiger partial charge in [-0.15, -0.1) is 0 Å². The Bertz CT molecular complexity index is 1080. The Morgan fingerprint density at radius 2 is 2.00 bits per heavy atom. The lowest BCUT2D eigenvalue weighted by molar-refractivity contribution is 0.0949. The molecular formula is C21H20N4O4. The van der Waals surface area contributed by atoms with Gasteiger partial charge in [-0.3, -0.25) is 4.79 Å². The number of nitrogens with one attached hydrogen (secondary N) is 2. The van der Waals surface area contributed by atoms with E-state index in [1.54, 1.807) is 30.3 Å². The molecule has 0 bridgehead atoms. The third kappa shape index (κ3) is 4.86. The normalized spacial score (nSPS) is 10.7. The molecule has 0 saturated heterocycles. The van der Waals surface area contributed by atoms with Gasteiger partial charge in [-0.05, 0) is 25.1 Å². The Morgan fingerprint density at radius 3 is 2.72 bits per heavy atom. The van der Waals surface area contributed by atoms with Crippen molar-refractivity contribution in [3.8, 4) is 22.8 Å². The summed E-state index contributed by atoms with van der Waals surface area (Å²) in [4.78, 5) is 30.6. The number of nitrogens with zero attached hydrogens (tertiary/aromatic N) is 2. The summed E-state index contributed by atoms with van der Waals surface area (Å²) in [5.74, 6) is 0.519. The van der Waals surface area contributed by atoms with Gasteiger partial charge in [0.05, 0.1) is 25.6 Å². The zero-order valence-electron chi connectivity index (χ0n) is 16.0. The molecule has 1 heterocycles. The molecule has 0 aliphatic carbocycles. The fraction of sp³-hybridized carbons (Fsp3) is 0.143. The lowest BCUT2D eigenvalue weighted by Gasteiger charge is -2.11. The predicted octanol–water partition coefficient (Wildman–Crippen LogP) is 2.61. The number of amides is 1. The van der Waals surface area contributed by atoms with Gasteiger partial charge in [0.25, 0.3) is 5.91 Å². The molecule has 0 unspecified atom stereocenters. The molecule has 2 aromatic carbocycles. The second-order valence-electron chi connectivity index (χ2n) is 5.86. The SMILES string of the molecule is CCOc1cccc(/C=N/NC(=O)c2cc(-c3ccccc3)nc(=O)[nH]2)c1OC. The van der Waals surface area contributed by atoms with Crippen LogP contribution in [0.5, 0.6) is 11.5 Å². The average Bonchev–Trinajstić information content (AvgIpc) is 2.74. The number of ether oxygens (including phenoxy) is 2. The van der Waals surface area contributed by atoms with Gasteiger partial charge < -0.3 is 14.5 Å². The van der Waals surface area contributed by atoms with Crippen LogP contribution in [-0.2, 0) is 0 Å². The minimum absolute atomic E-state index is 0.0519. The number of rotatable bonds is 7. The lowest BCUT2D eigenvalue weighted by Crippen LogP contribution is -2.24. The number of methoxy groups -OCH3 is 1. The molecule has 0 spiro atoms. The number of benzene rings is 2. The number of para-hydroxylation sites is 1. The molecule has 3 rings (SSSR count). The molecule has 0 aliphatic rings. The van der Waals surface area contributed by atoms with E-state index in [2.05, 4.69) is 20.5 Å². The summed E-state index contributed by atoms with van der Waals surface area (Å²) >= 11 is 0. The van der Waals surface area contributed by atoms with Crippen molar-refractivity contribution in [1.29, 1.82) is 0 Å². The van der Waals surface area contributed by atoms with Crippen LogP contribution in [0, 0.1) is 0 Å². The van der Waals surface area contributed by atoms with Crippen LogP contribution >= 0.6 is 0 Å². The van der Waals surface area contributed by atoms with E-state index in [1.165, 1.54) is 19.4 Å². The largest absolute Gasteiger partial charge is 0.492 e. The van der Waals surface area contributed by atoms with Gasteiger partial charge in [0.15, 0.2) is 11.5 Å². The van der Waals surface area contributed by atoms with Crippen LogP contribution in [0.15, 0.2) is 64.5 Å². The molecule has 29 heavy (non-hydrogen) atoms. The summed E-state index contributed by atoms with van der Waals surface area (Å²) in [6.45, 7) is 2.37.